The van der Waals surface area contributed by atoms with Gasteiger partial charge in [0.25, 0.3) is 0 Å². The van der Waals surface area contributed by atoms with Gasteiger partial charge in [0.05, 0.1) is 6.61 Å². The minimum Gasteiger partial charge on any atom is -0.494 e. The Morgan fingerprint density at radius 2 is 1.90 bits per heavy atom. The molecule has 1 aliphatic rings. The first-order chi connectivity index (χ1) is 10.3. The lowest BCUT2D eigenvalue weighted by molar-refractivity contribution is 0.237. The van der Waals surface area contributed by atoms with Gasteiger partial charge in [0, 0.05) is 18.6 Å². The summed E-state index contributed by atoms with van der Waals surface area (Å²) in [5.41, 5.74) is 1.35. The highest BCUT2D eigenvalue weighted by Crippen LogP contribution is 2.29. The molecule has 1 unspecified atom stereocenters. The van der Waals surface area contributed by atoms with Crippen LogP contribution in [-0.2, 0) is 0 Å². The van der Waals surface area contributed by atoms with Crippen LogP contribution in [0.3, 0.4) is 0 Å². The Bertz CT molecular complexity index is 400. The second-order valence-electron chi connectivity index (χ2n) is 5.98. The number of hydrogen-bond donors (Lipinski definition) is 1. The molecule has 0 aromatic heterocycles. The van der Waals surface area contributed by atoms with E-state index in [9.17, 15) is 0 Å². The molecule has 1 fully saturated rings. The highest BCUT2D eigenvalue weighted by Gasteiger charge is 2.29. The standard InChI is InChI=1S/C18H30N2O/c1-4-12-20(16-8-9-16)14-18(19-3)15-6-10-17(11-7-15)21-13-5-2/h6-7,10-11,16,18-19H,4-5,8-9,12-14H2,1-3H3. The third kappa shape index (κ3) is 5.01. The molecule has 3 heteroatoms. The number of hydrogen-bond acceptors (Lipinski definition) is 3. The zero-order valence-electron chi connectivity index (χ0n) is 13.8. The zero-order valence-corrected chi connectivity index (χ0v) is 13.8. The Morgan fingerprint density at radius 1 is 1.19 bits per heavy atom. The molecule has 1 N–H and O–H groups in total. The molecule has 1 aromatic rings. The summed E-state index contributed by atoms with van der Waals surface area (Å²) in [6.45, 7) is 7.50. The van der Waals surface area contributed by atoms with E-state index in [1.54, 1.807) is 0 Å². The Kier molecular flexibility index (Phi) is 6.52. The summed E-state index contributed by atoms with van der Waals surface area (Å²) in [5, 5.41) is 3.47. The molecule has 0 bridgehead atoms. The summed E-state index contributed by atoms with van der Waals surface area (Å²) in [4.78, 5) is 2.64. The lowest BCUT2D eigenvalue weighted by Gasteiger charge is -2.27. The molecule has 1 atom stereocenters. The van der Waals surface area contributed by atoms with Crippen molar-refractivity contribution in [3.8, 4) is 5.75 Å². The predicted molar refractivity (Wildman–Crippen MR) is 88.9 cm³/mol. The number of benzene rings is 1. The van der Waals surface area contributed by atoms with Gasteiger partial charge in [-0.3, -0.25) is 4.90 Å². The summed E-state index contributed by atoms with van der Waals surface area (Å²) in [6, 6.07) is 9.81. The zero-order chi connectivity index (χ0) is 15.1. The number of nitrogens with one attached hydrogen (secondary N) is 1. The second kappa shape index (κ2) is 8.40. The summed E-state index contributed by atoms with van der Waals surface area (Å²) >= 11 is 0. The van der Waals surface area contributed by atoms with Crippen molar-refractivity contribution in [1.82, 2.24) is 10.2 Å². The first kappa shape index (κ1) is 16.3. The molecule has 2 rings (SSSR count). The second-order valence-corrected chi connectivity index (χ2v) is 5.98. The summed E-state index contributed by atoms with van der Waals surface area (Å²) in [5.74, 6) is 0.975. The fourth-order valence-electron chi connectivity index (χ4n) is 2.76. The molecule has 0 heterocycles. The maximum Gasteiger partial charge on any atom is 0.119 e. The Balaban J connectivity index is 1.95. The van der Waals surface area contributed by atoms with Crippen LogP contribution in [0.5, 0.6) is 5.75 Å². The first-order valence-electron chi connectivity index (χ1n) is 8.42. The molecule has 1 saturated carbocycles. The van der Waals surface area contributed by atoms with E-state index in [0.29, 0.717) is 6.04 Å². The van der Waals surface area contributed by atoms with Gasteiger partial charge in [0.2, 0.25) is 0 Å². The van der Waals surface area contributed by atoms with Gasteiger partial charge >= 0.3 is 0 Å². The average molecular weight is 290 g/mol. The van der Waals surface area contributed by atoms with E-state index in [0.717, 1.165) is 31.4 Å². The normalized spacial score (nSPS) is 16.2. The van der Waals surface area contributed by atoms with Crippen molar-refractivity contribution in [3.63, 3.8) is 0 Å². The minimum atomic E-state index is 0.400. The van der Waals surface area contributed by atoms with Crippen molar-refractivity contribution >= 4 is 0 Å². The molecule has 1 aromatic carbocycles. The van der Waals surface area contributed by atoms with E-state index < -0.39 is 0 Å². The highest BCUT2D eigenvalue weighted by atomic mass is 16.5. The van der Waals surface area contributed by atoms with E-state index in [1.165, 1.54) is 31.4 Å². The average Bonchev–Trinajstić information content (AvgIpc) is 3.35. The van der Waals surface area contributed by atoms with E-state index in [-0.39, 0.29) is 0 Å². The maximum absolute atomic E-state index is 5.66. The summed E-state index contributed by atoms with van der Waals surface area (Å²) in [6.07, 6.45) is 5.03. The molecule has 0 aliphatic heterocycles. The number of nitrogens with zero attached hydrogens (tertiary/aromatic N) is 1. The number of ether oxygens (including phenoxy) is 1. The van der Waals surface area contributed by atoms with Gasteiger partial charge in [-0.15, -0.1) is 0 Å². The maximum atomic E-state index is 5.66. The summed E-state index contributed by atoms with van der Waals surface area (Å²) in [7, 11) is 2.06. The van der Waals surface area contributed by atoms with Gasteiger partial charge in [-0.25, -0.2) is 0 Å². The molecule has 0 amide bonds. The smallest absolute Gasteiger partial charge is 0.119 e. The van der Waals surface area contributed by atoms with Gasteiger partial charge in [-0.05, 0) is 57.0 Å². The lowest BCUT2D eigenvalue weighted by atomic mass is 10.1. The predicted octanol–water partition coefficient (Wildman–Crippen LogP) is 3.61. The third-order valence-corrected chi connectivity index (χ3v) is 4.09. The largest absolute Gasteiger partial charge is 0.494 e. The van der Waals surface area contributed by atoms with Crippen molar-refractivity contribution < 1.29 is 4.74 Å². The van der Waals surface area contributed by atoms with Crippen LogP contribution in [0.2, 0.25) is 0 Å². The monoisotopic (exact) mass is 290 g/mol. The fourth-order valence-corrected chi connectivity index (χ4v) is 2.76. The van der Waals surface area contributed by atoms with E-state index in [4.69, 9.17) is 4.74 Å². The van der Waals surface area contributed by atoms with Crippen LogP contribution in [0.25, 0.3) is 0 Å². The van der Waals surface area contributed by atoms with Crippen molar-refractivity contribution in [2.24, 2.45) is 0 Å². The minimum absolute atomic E-state index is 0.400. The third-order valence-electron chi connectivity index (χ3n) is 4.09. The van der Waals surface area contributed by atoms with E-state index in [2.05, 4.69) is 55.4 Å². The molecule has 3 nitrogen and oxygen atoms in total. The van der Waals surface area contributed by atoms with Crippen LogP contribution < -0.4 is 10.1 Å². The van der Waals surface area contributed by atoms with Gasteiger partial charge < -0.3 is 10.1 Å². The molecular weight excluding hydrogens is 260 g/mol. The van der Waals surface area contributed by atoms with E-state index >= 15 is 0 Å². The first-order valence-corrected chi connectivity index (χ1v) is 8.42. The SMILES string of the molecule is CCCOc1ccc(C(CN(CCC)C2CC2)NC)cc1. The van der Waals surface area contributed by atoms with Crippen LogP contribution in [0.4, 0.5) is 0 Å². The van der Waals surface area contributed by atoms with Crippen LogP contribution >= 0.6 is 0 Å². The van der Waals surface area contributed by atoms with Gasteiger partial charge in [-0.2, -0.15) is 0 Å². The number of rotatable bonds is 10. The van der Waals surface area contributed by atoms with Gasteiger partial charge in [0.1, 0.15) is 5.75 Å². The number of likely N-dealkylation sites (N-methyl/N-ethyl adjacent to an activating group) is 1. The topological polar surface area (TPSA) is 24.5 Å². The van der Waals surface area contributed by atoms with Crippen LogP contribution in [0, 0.1) is 0 Å². The van der Waals surface area contributed by atoms with Crippen LogP contribution in [-0.4, -0.2) is 37.7 Å². The Morgan fingerprint density at radius 3 is 2.43 bits per heavy atom. The van der Waals surface area contributed by atoms with Crippen molar-refractivity contribution in [2.45, 2.75) is 51.6 Å². The van der Waals surface area contributed by atoms with Crippen molar-refractivity contribution in [3.05, 3.63) is 29.8 Å². The lowest BCUT2D eigenvalue weighted by Crippen LogP contribution is -2.35. The van der Waals surface area contributed by atoms with Gasteiger partial charge in [-0.1, -0.05) is 26.0 Å². The van der Waals surface area contributed by atoms with Gasteiger partial charge in [0.15, 0.2) is 0 Å². The Hall–Kier alpha value is -1.06. The Labute approximate surface area is 129 Å². The fraction of sp³-hybridized carbons (Fsp3) is 0.667. The molecule has 1 aliphatic carbocycles. The molecule has 0 radical (unpaired) electrons. The molecule has 0 saturated heterocycles. The van der Waals surface area contributed by atoms with Crippen LogP contribution in [0.1, 0.15) is 51.1 Å². The molecular formula is C18H30N2O. The van der Waals surface area contributed by atoms with E-state index in [1.807, 2.05) is 0 Å². The van der Waals surface area contributed by atoms with Crippen molar-refractivity contribution in [1.29, 1.82) is 0 Å². The van der Waals surface area contributed by atoms with Crippen LogP contribution in [0.15, 0.2) is 24.3 Å². The molecule has 118 valence electrons. The molecule has 21 heavy (non-hydrogen) atoms. The quantitative estimate of drug-likeness (QED) is 0.712. The highest BCUT2D eigenvalue weighted by molar-refractivity contribution is 5.29. The molecule has 0 spiro atoms. The van der Waals surface area contributed by atoms with Crippen molar-refractivity contribution in [2.75, 3.05) is 26.7 Å². The summed E-state index contributed by atoms with van der Waals surface area (Å²) < 4.78 is 5.66.